The third-order valence-corrected chi connectivity index (χ3v) is 3.09. The zero-order valence-electron chi connectivity index (χ0n) is 11.2. The van der Waals surface area contributed by atoms with E-state index in [1.165, 1.54) is 6.08 Å². The number of carbonyl (C=O) groups excluding carboxylic acids is 1. The van der Waals surface area contributed by atoms with Gasteiger partial charge in [0.15, 0.2) is 10.4 Å². The van der Waals surface area contributed by atoms with E-state index < -0.39 is 0 Å². The molecule has 0 saturated carbocycles. The first-order valence-corrected chi connectivity index (χ1v) is 7.13. The van der Waals surface area contributed by atoms with E-state index in [-0.39, 0.29) is 17.8 Å². The van der Waals surface area contributed by atoms with Crippen LogP contribution in [0, 0.1) is 0 Å². The second-order valence-corrected chi connectivity index (χ2v) is 5.03. The van der Waals surface area contributed by atoms with Crippen molar-refractivity contribution < 1.29 is 13.6 Å². The van der Waals surface area contributed by atoms with Crippen molar-refractivity contribution in [2.75, 3.05) is 5.32 Å². The van der Waals surface area contributed by atoms with Crippen LogP contribution >= 0.6 is 15.9 Å². The second kappa shape index (κ2) is 6.40. The normalized spacial score (nSPS) is 11.0. The monoisotopic (exact) mass is 359 g/mol. The Morgan fingerprint density at radius 3 is 2.64 bits per heavy atom. The SMILES string of the molecule is O=C(/C=C/c1ccccc1)Nc1nnc(-c2ccc(Br)o2)o1. The molecule has 0 aliphatic rings. The maximum Gasteiger partial charge on any atom is 0.322 e. The fraction of sp³-hybridized carbons (Fsp3) is 0. The number of aromatic nitrogens is 2. The molecule has 3 rings (SSSR count). The highest BCUT2D eigenvalue weighted by atomic mass is 79.9. The lowest BCUT2D eigenvalue weighted by atomic mass is 10.2. The molecule has 0 saturated heterocycles. The molecule has 22 heavy (non-hydrogen) atoms. The fourth-order valence-corrected chi connectivity index (χ4v) is 1.99. The Morgan fingerprint density at radius 2 is 1.91 bits per heavy atom. The molecule has 0 spiro atoms. The molecule has 0 atom stereocenters. The van der Waals surface area contributed by atoms with Crippen molar-refractivity contribution in [3.05, 3.63) is 58.8 Å². The number of hydrogen-bond acceptors (Lipinski definition) is 5. The Morgan fingerprint density at radius 1 is 1.09 bits per heavy atom. The van der Waals surface area contributed by atoms with E-state index in [1.54, 1.807) is 18.2 Å². The molecule has 1 aromatic carbocycles. The van der Waals surface area contributed by atoms with Gasteiger partial charge in [-0.1, -0.05) is 35.4 Å². The fourth-order valence-electron chi connectivity index (χ4n) is 1.69. The predicted octanol–water partition coefficient (Wildman–Crippen LogP) is 3.74. The molecule has 110 valence electrons. The molecular weight excluding hydrogens is 350 g/mol. The first-order valence-electron chi connectivity index (χ1n) is 6.34. The molecular formula is C15H10BrN3O3. The third-order valence-electron chi connectivity index (χ3n) is 2.67. The Bertz CT molecular complexity index is 808. The maximum atomic E-state index is 11.8. The van der Waals surface area contributed by atoms with Gasteiger partial charge in [0.1, 0.15) is 0 Å². The van der Waals surface area contributed by atoms with Crippen molar-refractivity contribution in [3.8, 4) is 11.7 Å². The van der Waals surface area contributed by atoms with Crippen LogP contribution in [0.1, 0.15) is 5.56 Å². The van der Waals surface area contributed by atoms with Gasteiger partial charge in [0, 0.05) is 6.08 Å². The molecule has 2 heterocycles. The number of carbonyl (C=O) groups is 1. The molecule has 2 aromatic heterocycles. The molecule has 3 aromatic rings. The van der Waals surface area contributed by atoms with Crippen LogP contribution in [0.4, 0.5) is 6.01 Å². The van der Waals surface area contributed by atoms with E-state index in [9.17, 15) is 4.79 Å². The van der Waals surface area contributed by atoms with Gasteiger partial charge >= 0.3 is 6.01 Å². The number of anilines is 1. The van der Waals surface area contributed by atoms with Crippen LogP contribution in [0.3, 0.4) is 0 Å². The van der Waals surface area contributed by atoms with Gasteiger partial charge in [-0.25, -0.2) is 0 Å². The zero-order valence-corrected chi connectivity index (χ0v) is 12.8. The van der Waals surface area contributed by atoms with Gasteiger partial charge in [0.05, 0.1) is 0 Å². The third kappa shape index (κ3) is 3.50. The first-order chi connectivity index (χ1) is 10.7. The highest BCUT2D eigenvalue weighted by Crippen LogP contribution is 2.24. The maximum absolute atomic E-state index is 11.8. The topological polar surface area (TPSA) is 81.2 Å². The van der Waals surface area contributed by atoms with Crippen LogP contribution in [-0.2, 0) is 4.79 Å². The Hall–Kier alpha value is -2.67. The molecule has 1 N–H and O–H groups in total. The molecule has 0 fully saturated rings. The average molecular weight is 360 g/mol. The number of furan rings is 1. The minimum Gasteiger partial charge on any atom is -0.444 e. The molecule has 1 amide bonds. The van der Waals surface area contributed by atoms with Gasteiger partial charge in [-0.15, -0.1) is 5.10 Å². The number of hydrogen-bond donors (Lipinski definition) is 1. The van der Waals surface area contributed by atoms with Crippen molar-refractivity contribution in [1.82, 2.24) is 10.2 Å². The lowest BCUT2D eigenvalue weighted by Gasteiger charge is -1.94. The van der Waals surface area contributed by atoms with E-state index in [1.807, 2.05) is 30.3 Å². The van der Waals surface area contributed by atoms with Crippen molar-refractivity contribution in [1.29, 1.82) is 0 Å². The number of nitrogens with zero attached hydrogens (tertiary/aromatic N) is 2. The second-order valence-electron chi connectivity index (χ2n) is 4.25. The van der Waals surface area contributed by atoms with Crippen molar-refractivity contribution in [2.24, 2.45) is 0 Å². The lowest BCUT2D eigenvalue weighted by molar-refractivity contribution is -0.112. The van der Waals surface area contributed by atoms with Crippen LogP contribution in [0.15, 0.2) is 62.0 Å². The predicted molar refractivity (Wildman–Crippen MR) is 83.8 cm³/mol. The first kappa shape index (κ1) is 14.3. The van der Waals surface area contributed by atoms with E-state index in [2.05, 4.69) is 31.4 Å². The Labute approximate surface area is 134 Å². The number of halogens is 1. The summed E-state index contributed by atoms with van der Waals surface area (Å²) in [6.07, 6.45) is 3.08. The summed E-state index contributed by atoms with van der Waals surface area (Å²) in [6, 6.07) is 12.9. The Kier molecular flexibility index (Phi) is 4.15. The summed E-state index contributed by atoms with van der Waals surface area (Å²) in [5.74, 6) is 0.243. The van der Waals surface area contributed by atoms with Crippen molar-refractivity contribution in [3.63, 3.8) is 0 Å². The summed E-state index contributed by atoms with van der Waals surface area (Å²) in [5.41, 5.74) is 0.921. The molecule has 7 heteroatoms. The average Bonchev–Trinajstić information content (AvgIpc) is 3.15. The van der Waals surface area contributed by atoms with Gasteiger partial charge in [0.25, 0.3) is 11.8 Å². The van der Waals surface area contributed by atoms with Gasteiger partial charge in [0.2, 0.25) is 0 Å². The number of amides is 1. The lowest BCUT2D eigenvalue weighted by Crippen LogP contribution is -2.07. The van der Waals surface area contributed by atoms with Crippen LogP contribution in [0.25, 0.3) is 17.7 Å². The summed E-state index contributed by atoms with van der Waals surface area (Å²) in [7, 11) is 0. The highest BCUT2D eigenvalue weighted by molar-refractivity contribution is 9.10. The van der Waals surface area contributed by atoms with Crippen LogP contribution in [0.2, 0.25) is 0 Å². The quantitative estimate of drug-likeness (QED) is 0.717. The molecule has 0 unspecified atom stereocenters. The van der Waals surface area contributed by atoms with Crippen LogP contribution in [0.5, 0.6) is 0 Å². The van der Waals surface area contributed by atoms with E-state index in [4.69, 9.17) is 8.83 Å². The standard InChI is InChI=1S/C15H10BrN3O3/c16-12-8-7-11(21-12)14-18-19-15(22-14)17-13(20)9-6-10-4-2-1-3-5-10/h1-9H,(H,17,19,20)/b9-6+. The number of nitrogens with one attached hydrogen (secondary N) is 1. The van der Waals surface area contributed by atoms with Crippen LogP contribution < -0.4 is 5.32 Å². The van der Waals surface area contributed by atoms with E-state index in [0.29, 0.717) is 10.4 Å². The van der Waals surface area contributed by atoms with Gasteiger partial charge in [-0.2, -0.15) is 0 Å². The van der Waals surface area contributed by atoms with Gasteiger partial charge < -0.3 is 8.83 Å². The summed E-state index contributed by atoms with van der Waals surface area (Å²) < 4.78 is 11.1. The van der Waals surface area contributed by atoms with E-state index >= 15 is 0 Å². The van der Waals surface area contributed by atoms with Gasteiger partial charge in [-0.3, -0.25) is 10.1 Å². The minimum absolute atomic E-state index is 0.00485. The summed E-state index contributed by atoms with van der Waals surface area (Å²) >= 11 is 3.18. The molecule has 0 aliphatic carbocycles. The highest BCUT2D eigenvalue weighted by Gasteiger charge is 2.13. The van der Waals surface area contributed by atoms with Crippen molar-refractivity contribution in [2.45, 2.75) is 0 Å². The van der Waals surface area contributed by atoms with E-state index in [0.717, 1.165) is 5.56 Å². The number of benzene rings is 1. The van der Waals surface area contributed by atoms with Gasteiger partial charge in [-0.05, 0) is 39.7 Å². The Balaban J connectivity index is 1.65. The minimum atomic E-state index is -0.361. The summed E-state index contributed by atoms with van der Waals surface area (Å²) in [6.45, 7) is 0. The number of rotatable bonds is 4. The van der Waals surface area contributed by atoms with Crippen molar-refractivity contribution >= 4 is 33.9 Å². The zero-order chi connectivity index (χ0) is 15.4. The molecule has 0 aliphatic heterocycles. The largest absolute Gasteiger partial charge is 0.444 e. The smallest absolute Gasteiger partial charge is 0.322 e. The summed E-state index contributed by atoms with van der Waals surface area (Å²) in [4.78, 5) is 11.8. The molecule has 0 bridgehead atoms. The molecule has 0 radical (unpaired) electrons. The van der Waals surface area contributed by atoms with Crippen LogP contribution in [-0.4, -0.2) is 16.1 Å². The summed E-state index contributed by atoms with van der Waals surface area (Å²) in [5, 5.41) is 10.0. The molecule has 6 nitrogen and oxygen atoms in total.